The second kappa shape index (κ2) is 7.76. The predicted octanol–water partition coefficient (Wildman–Crippen LogP) is 2.45. The Hall–Kier alpha value is -1.59. The fraction of sp³-hybridized carbons (Fsp3) is 0.500. The van der Waals surface area contributed by atoms with Crippen molar-refractivity contribution in [1.82, 2.24) is 0 Å². The first-order chi connectivity index (χ1) is 9.10. The van der Waals surface area contributed by atoms with Crippen LogP contribution >= 0.6 is 0 Å². The minimum Gasteiger partial charge on any atom is -0.377 e. The number of hydrogen-bond donors (Lipinski definition) is 2. The summed E-state index contributed by atoms with van der Waals surface area (Å²) in [5, 5.41) is 6.08. The molecule has 5 nitrogen and oxygen atoms in total. The van der Waals surface area contributed by atoms with E-state index >= 15 is 0 Å². The lowest BCUT2D eigenvalue weighted by Gasteiger charge is -2.23. The summed E-state index contributed by atoms with van der Waals surface area (Å²) in [4.78, 5) is 11.3. The average molecular weight is 266 g/mol. The normalized spacial score (nSPS) is 12.3. The van der Waals surface area contributed by atoms with Gasteiger partial charge in [-0.25, -0.2) is 0 Å². The van der Waals surface area contributed by atoms with E-state index in [9.17, 15) is 4.79 Å². The number of ether oxygens (including phenoxy) is 2. The predicted molar refractivity (Wildman–Crippen MR) is 76.3 cm³/mol. The number of hydrogen-bond acceptors (Lipinski definition) is 4. The molecule has 106 valence electrons. The standard InChI is InChI=1S/C14H22N2O3/c1-5-13(17)16-12-8-6-11(7-9-12)15-10(2)14(18-3)19-4/h6-10,14-15H,5H2,1-4H3,(H,16,17). The van der Waals surface area contributed by atoms with Gasteiger partial charge in [0.2, 0.25) is 5.91 Å². The van der Waals surface area contributed by atoms with Gasteiger partial charge in [-0.3, -0.25) is 4.79 Å². The molecule has 0 aliphatic carbocycles. The van der Waals surface area contributed by atoms with Crippen LogP contribution in [0.15, 0.2) is 24.3 Å². The van der Waals surface area contributed by atoms with E-state index in [2.05, 4.69) is 10.6 Å². The molecular weight excluding hydrogens is 244 g/mol. The van der Waals surface area contributed by atoms with Crippen molar-refractivity contribution in [3.05, 3.63) is 24.3 Å². The van der Waals surface area contributed by atoms with E-state index < -0.39 is 0 Å². The van der Waals surface area contributed by atoms with Crippen molar-refractivity contribution in [3.63, 3.8) is 0 Å². The van der Waals surface area contributed by atoms with Crippen LogP contribution < -0.4 is 10.6 Å². The number of carbonyl (C=O) groups is 1. The first-order valence-corrected chi connectivity index (χ1v) is 6.32. The minimum absolute atomic E-state index is 0.00732. The van der Waals surface area contributed by atoms with E-state index in [1.807, 2.05) is 38.1 Å². The van der Waals surface area contributed by atoms with Crippen LogP contribution in [0.3, 0.4) is 0 Å². The zero-order chi connectivity index (χ0) is 14.3. The molecule has 0 saturated carbocycles. The number of methoxy groups -OCH3 is 2. The van der Waals surface area contributed by atoms with Crippen LogP contribution in [0.2, 0.25) is 0 Å². The zero-order valence-corrected chi connectivity index (χ0v) is 11.9. The third kappa shape index (κ3) is 4.89. The highest BCUT2D eigenvalue weighted by molar-refractivity contribution is 5.90. The van der Waals surface area contributed by atoms with Gasteiger partial charge in [-0.15, -0.1) is 0 Å². The lowest BCUT2D eigenvalue weighted by atomic mass is 10.2. The average Bonchev–Trinajstić information content (AvgIpc) is 2.42. The fourth-order valence-electron chi connectivity index (χ4n) is 1.73. The third-order valence-electron chi connectivity index (χ3n) is 2.76. The molecule has 2 N–H and O–H groups in total. The highest BCUT2D eigenvalue weighted by Gasteiger charge is 2.15. The van der Waals surface area contributed by atoms with E-state index in [0.717, 1.165) is 11.4 Å². The van der Waals surface area contributed by atoms with Crippen LogP contribution in [0.25, 0.3) is 0 Å². The van der Waals surface area contributed by atoms with Crippen LogP contribution in [0, 0.1) is 0 Å². The summed E-state index contributed by atoms with van der Waals surface area (Å²) in [6, 6.07) is 7.55. The van der Waals surface area contributed by atoms with Crippen LogP contribution in [-0.4, -0.2) is 32.5 Å². The quantitative estimate of drug-likeness (QED) is 0.744. The molecule has 1 unspecified atom stereocenters. The maximum atomic E-state index is 11.3. The Kier molecular flexibility index (Phi) is 6.32. The molecular formula is C14H22N2O3. The second-order valence-electron chi connectivity index (χ2n) is 4.25. The number of amides is 1. The Labute approximate surface area is 114 Å². The van der Waals surface area contributed by atoms with Crippen LogP contribution in [0.1, 0.15) is 20.3 Å². The summed E-state index contributed by atoms with van der Waals surface area (Å²) in [6.45, 7) is 3.80. The Balaban J connectivity index is 2.59. The van der Waals surface area contributed by atoms with Gasteiger partial charge in [0.05, 0.1) is 6.04 Å². The largest absolute Gasteiger partial charge is 0.377 e. The van der Waals surface area contributed by atoms with Crippen molar-refractivity contribution in [2.75, 3.05) is 24.9 Å². The Morgan fingerprint density at radius 2 is 1.68 bits per heavy atom. The SMILES string of the molecule is CCC(=O)Nc1ccc(NC(C)C(OC)OC)cc1. The van der Waals surface area contributed by atoms with Crippen LogP contribution in [0.5, 0.6) is 0 Å². The summed E-state index contributed by atoms with van der Waals surface area (Å²) >= 11 is 0. The van der Waals surface area contributed by atoms with Crippen molar-refractivity contribution >= 4 is 17.3 Å². The van der Waals surface area contributed by atoms with Gasteiger partial charge in [0.15, 0.2) is 6.29 Å². The number of carbonyl (C=O) groups excluding carboxylic acids is 1. The van der Waals surface area contributed by atoms with Gasteiger partial charge in [-0.1, -0.05) is 6.92 Å². The number of rotatable bonds is 7. The first-order valence-electron chi connectivity index (χ1n) is 6.32. The monoisotopic (exact) mass is 266 g/mol. The molecule has 0 saturated heterocycles. The summed E-state index contributed by atoms with van der Waals surface area (Å²) in [7, 11) is 3.21. The Morgan fingerprint density at radius 1 is 1.16 bits per heavy atom. The molecule has 5 heteroatoms. The molecule has 1 aromatic rings. The Morgan fingerprint density at radius 3 is 2.16 bits per heavy atom. The Bertz CT molecular complexity index is 388. The number of nitrogens with one attached hydrogen (secondary N) is 2. The molecule has 0 aliphatic heterocycles. The minimum atomic E-state index is -0.306. The molecule has 0 fully saturated rings. The smallest absolute Gasteiger partial charge is 0.224 e. The van der Waals surface area contributed by atoms with Crippen molar-refractivity contribution in [2.24, 2.45) is 0 Å². The highest BCUT2D eigenvalue weighted by atomic mass is 16.7. The van der Waals surface area contributed by atoms with Gasteiger partial charge >= 0.3 is 0 Å². The molecule has 0 bridgehead atoms. The lowest BCUT2D eigenvalue weighted by molar-refractivity contribution is -0.115. The maximum absolute atomic E-state index is 11.3. The summed E-state index contributed by atoms with van der Waals surface area (Å²) in [5.41, 5.74) is 1.74. The van der Waals surface area contributed by atoms with Gasteiger partial charge in [-0.2, -0.15) is 0 Å². The van der Waals surface area contributed by atoms with E-state index in [1.165, 1.54) is 0 Å². The molecule has 0 radical (unpaired) electrons. The molecule has 0 spiro atoms. The van der Waals surface area contributed by atoms with Gasteiger partial charge in [-0.05, 0) is 31.2 Å². The van der Waals surface area contributed by atoms with E-state index in [0.29, 0.717) is 6.42 Å². The van der Waals surface area contributed by atoms with Gasteiger partial charge in [0.1, 0.15) is 0 Å². The van der Waals surface area contributed by atoms with Gasteiger partial charge < -0.3 is 20.1 Å². The number of benzene rings is 1. The summed E-state index contributed by atoms with van der Waals surface area (Å²) in [5.74, 6) is 0.00732. The van der Waals surface area contributed by atoms with Crippen molar-refractivity contribution < 1.29 is 14.3 Å². The van der Waals surface area contributed by atoms with Crippen LogP contribution in [0.4, 0.5) is 11.4 Å². The van der Waals surface area contributed by atoms with Gasteiger partial charge in [0, 0.05) is 32.0 Å². The zero-order valence-electron chi connectivity index (χ0n) is 11.9. The molecule has 1 aromatic carbocycles. The third-order valence-corrected chi connectivity index (χ3v) is 2.76. The molecule has 19 heavy (non-hydrogen) atoms. The molecule has 0 aliphatic rings. The number of anilines is 2. The van der Waals surface area contributed by atoms with E-state index in [1.54, 1.807) is 14.2 Å². The highest BCUT2D eigenvalue weighted by Crippen LogP contribution is 2.16. The van der Waals surface area contributed by atoms with Crippen molar-refractivity contribution in [1.29, 1.82) is 0 Å². The molecule has 1 atom stereocenters. The maximum Gasteiger partial charge on any atom is 0.224 e. The fourth-order valence-corrected chi connectivity index (χ4v) is 1.73. The van der Waals surface area contributed by atoms with Gasteiger partial charge in [0.25, 0.3) is 0 Å². The summed E-state index contributed by atoms with van der Waals surface area (Å²) in [6.07, 6.45) is 0.167. The molecule has 0 aromatic heterocycles. The summed E-state index contributed by atoms with van der Waals surface area (Å²) < 4.78 is 10.4. The molecule has 1 rings (SSSR count). The van der Waals surface area contributed by atoms with Crippen molar-refractivity contribution in [2.45, 2.75) is 32.6 Å². The lowest BCUT2D eigenvalue weighted by Crippen LogP contribution is -2.33. The van der Waals surface area contributed by atoms with Crippen LogP contribution in [-0.2, 0) is 14.3 Å². The first kappa shape index (κ1) is 15.5. The second-order valence-corrected chi connectivity index (χ2v) is 4.25. The molecule has 0 heterocycles. The van der Waals surface area contributed by atoms with E-state index in [-0.39, 0.29) is 18.2 Å². The topological polar surface area (TPSA) is 59.6 Å². The van der Waals surface area contributed by atoms with Crippen molar-refractivity contribution in [3.8, 4) is 0 Å². The van der Waals surface area contributed by atoms with E-state index in [4.69, 9.17) is 9.47 Å². The molecule has 1 amide bonds.